The molecule has 2 bridgehead atoms. The van der Waals surface area contributed by atoms with E-state index in [1.54, 1.807) is 0 Å². The van der Waals surface area contributed by atoms with E-state index in [4.69, 9.17) is 4.74 Å². The van der Waals surface area contributed by atoms with Crippen molar-refractivity contribution in [3.8, 4) is 0 Å². The fourth-order valence-electron chi connectivity index (χ4n) is 2.77. The van der Waals surface area contributed by atoms with E-state index in [0.717, 1.165) is 5.32 Å². The number of ether oxygens (including phenoxy) is 1. The number of ketones is 1. The zero-order chi connectivity index (χ0) is 13.5. The number of hydrogen-bond donors (Lipinski definition) is 0. The molecular weight excluding hydrogens is 303 g/mol. The SMILES string of the molecule is C[C@@H]1C(=O)[C@H](C)[C@H]2C=C[C@@]1([Se]Cc1ccccc1)O2. The molecule has 2 nitrogen and oxygen atoms in total. The first-order valence-corrected chi connectivity index (χ1v) is 8.78. The van der Waals surface area contributed by atoms with Gasteiger partial charge in [-0.15, -0.1) is 0 Å². The van der Waals surface area contributed by atoms with E-state index >= 15 is 0 Å². The van der Waals surface area contributed by atoms with Crippen molar-refractivity contribution in [2.75, 3.05) is 0 Å². The van der Waals surface area contributed by atoms with Crippen LogP contribution in [0.3, 0.4) is 0 Å². The topological polar surface area (TPSA) is 26.3 Å². The van der Waals surface area contributed by atoms with Crippen molar-refractivity contribution < 1.29 is 9.53 Å². The predicted octanol–water partition coefficient (Wildman–Crippen LogP) is 2.40. The molecule has 0 aromatic heterocycles. The minimum absolute atomic E-state index is 0.00125. The van der Waals surface area contributed by atoms with Crippen LogP contribution >= 0.6 is 0 Å². The monoisotopic (exact) mass is 322 g/mol. The summed E-state index contributed by atoms with van der Waals surface area (Å²) in [4.78, 5) is 12.3. The summed E-state index contributed by atoms with van der Waals surface area (Å²) in [6, 6.07) is 10.5. The third-order valence-electron chi connectivity index (χ3n) is 4.12. The Morgan fingerprint density at radius 3 is 2.74 bits per heavy atom. The molecule has 3 heteroatoms. The standard InChI is InChI=1S/C16H18O2Se/c1-11-14-8-9-16(18-14,12(2)15(11)17)19-10-13-6-4-3-5-7-13/h3-9,11-12,14H,10H2,1-2H3/t11-,12-,14-,16+/m1/s1. The van der Waals surface area contributed by atoms with Crippen LogP contribution in [-0.4, -0.2) is 31.3 Å². The van der Waals surface area contributed by atoms with Crippen molar-refractivity contribution in [2.24, 2.45) is 11.8 Å². The van der Waals surface area contributed by atoms with Gasteiger partial charge in [0.25, 0.3) is 0 Å². The zero-order valence-electron chi connectivity index (χ0n) is 11.2. The predicted molar refractivity (Wildman–Crippen MR) is 76.0 cm³/mol. The number of rotatable bonds is 3. The van der Waals surface area contributed by atoms with E-state index in [9.17, 15) is 4.79 Å². The molecular formula is C16H18O2Se. The number of benzene rings is 1. The molecule has 1 saturated heterocycles. The summed E-state index contributed by atoms with van der Waals surface area (Å²) in [5.41, 5.74) is 1.33. The molecule has 1 aromatic carbocycles. The first-order chi connectivity index (χ1) is 9.12. The van der Waals surface area contributed by atoms with Crippen LogP contribution in [0, 0.1) is 11.8 Å². The van der Waals surface area contributed by atoms with Crippen LogP contribution < -0.4 is 0 Å². The molecule has 1 aromatic rings. The summed E-state index contributed by atoms with van der Waals surface area (Å²) in [6.07, 6.45) is 4.26. The van der Waals surface area contributed by atoms with E-state index in [1.165, 1.54) is 5.56 Å². The maximum absolute atomic E-state index is 12.3. The number of Topliss-reactive ketones (excluding diaryl/α,β-unsaturated/α-hetero) is 1. The summed E-state index contributed by atoms with van der Waals surface area (Å²) < 4.78 is 5.89. The van der Waals surface area contributed by atoms with Gasteiger partial charge in [-0.3, -0.25) is 0 Å². The van der Waals surface area contributed by atoms with Crippen molar-refractivity contribution in [3.63, 3.8) is 0 Å². The molecule has 0 radical (unpaired) electrons. The molecule has 0 aliphatic carbocycles. The maximum atomic E-state index is 12.3. The van der Waals surface area contributed by atoms with Crippen molar-refractivity contribution in [1.29, 1.82) is 0 Å². The van der Waals surface area contributed by atoms with E-state index in [2.05, 4.69) is 36.4 Å². The van der Waals surface area contributed by atoms with Crippen molar-refractivity contribution >= 4 is 20.7 Å². The fraction of sp³-hybridized carbons (Fsp3) is 0.438. The van der Waals surface area contributed by atoms with Gasteiger partial charge in [0.05, 0.1) is 0 Å². The first-order valence-electron chi connectivity index (χ1n) is 6.71. The van der Waals surface area contributed by atoms with Crippen molar-refractivity contribution in [2.45, 2.75) is 29.8 Å². The average Bonchev–Trinajstić information content (AvgIpc) is 2.86. The van der Waals surface area contributed by atoms with Gasteiger partial charge in [-0.05, 0) is 0 Å². The molecule has 4 atom stereocenters. The Kier molecular flexibility index (Phi) is 3.38. The van der Waals surface area contributed by atoms with Gasteiger partial charge in [-0.2, -0.15) is 0 Å². The van der Waals surface area contributed by atoms with Gasteiger partial charge in [0, 0.05) is 0 Å². The molecule has 0 saturated carbocycles. The quantitative estimate of drug-likeness (QED) is 0.631. The third kappa shape index (κ3) is 2.20. The molecule has 1 fully saturated rings. The van der Waals surface area contributed by atoms with Crippen molar-refractivity contribution in [3.05, 3.63) is 48.0 Å². The van der Waals surface area contributed by atoms with Gasteiger partial charge < -0.3 is 0 Å². The Balaban J connectivity index is 1.77. The summed E-state index contributed by atoms with van der Waals surface area (Å²) in [6.45, 7) is 4.00. The normalized spacial score (nSPS) is 36.7. The van der Waals surface area contributed by atoms with E-state index in [-0.39, 0.29) is 37.4 Å². The van der Waals surface area contributed by atoms with Crippen LogP contribution in [0.1, 0.15) is 19.4 Å². The zero-order valence-corrected chi connectivity index (χ0v) is 12.9. The number of carbonyl (C=O) groups excluding carboxylic acids is 1. The van der Waals surface area contributed by atoms with Crippen molar-refractivity contribution in [1.82, 2.24) is 0 Å². The van der Waals surface area contributed by atoms with Crippen LogP contribution in [0.2, 0.25) is 0 Å². The summed E-state index contributed by atoms with van der Waals surface area (Å²) in [5, 5.41) is 1.01. The first kappa shape index (κ1) is 13.1. The van der Waals surface area contributed by atoms with Gasteiger partial charge in [0.15, 0.2) is 0 Å². The molecule has 0 amide bonds. The van der Waals surface area contributed by atoms with Crippen LogP contribution in [-0.2, 0) is 14.9 Å². The Morgan fingerprint density at radius 2 is 2.00 bits per heavy atom. The molecule has 0 N–H and O–H groups in total. The van der Waals surface area contributed by atoms with E-state index < -0.39 is 0 Å². The second-order valence-electron chi connectivity index (χ2n) is 5.35. The summed E-state index contributed by atoms with van der Waals surface area (Å²) in [5.74, 6) is 0.354. The molecule has 19 heavy (non-hydrogen) atoms. The Hall–Kier alpha value is -0.891. The molecule has 2 aliphatic rings. The summed E-state index contributed by atoms with van der Waals surface area (Å²) in [7, 11) is 0. The van der Waals surface area contributed by atoms with Gasteiger partial charge >= 0.3 is 120 Å². The fourth-order valence-corrected chi connectivity index (χ4v) is 5.50. The number of hydrogen-bond acceptors (Lipinski definition) is 2. The Labute approximate surface area is 120 Å². The average molecular weight is 321 g/mol. The number of carbonyl (C=O) groups is 1. The van der Waals surface area contributed by atoms with Gasteiger partial charge in [0.2, 0.25) is 0 Å². The van der Waals surface area contributed by atoms with Crippen LogP contribution in [0.25, 0.3) is 0 Å². The van der Waals surface area contributed by atoms with Gasteiger partial charge in [-0.25, -0.2) is 0 Å². The van der Waals surface area contributed by atoms with E-state index in [0.29, 0.717) is 5.78 Å². The Bertz CT molecular complexity index is 511. The van der Waals surface area contributed by atoms with Crippen LogP contribution in [0.15, 0.2) is 42.5 Å². The minimum atomic E-state index is -0.308. The van der Waals surface area contributed by atoms with Gasteiger partial charge in [0.1, 0.15) is 0 Å². The second kappa shape index (κ2) is 4.90. The molecule has 0 unspecified atom stereocenters. The van der Waals surface area contributed by atoms with Crippen LogP contribution in [0.5, 0.6) is 0 Å². The molecule has 3 rings (SSSR count). The van der Waals surface area contributed by atoms with Gasteiger partial charge in [-0.1, -0.05) is 0 Å². The third-order valence-corrected chi connectivity index (χ3v) is 7.30. The van der Waals surface area contributed by atoms with E-state index in [1.807, 2.05) is 19.9 Å². The second-order valence-corrected chi connectivity index (χ2v) is 7.90. The summed E-state index contributed by atoms with van der Waals surface area (Å²) >= 11 is 0.245. The number of fused-ring (bicyclic) bond motifs is 2. The van der Waals surface area contributed by atoms with Crippen LogP contribution in [0.4, 0.5) is 0 Å². The molecule has 2 heterocycles. The molecule has 100 valence electrons. The molecule has 0 spiro atoms. The Morgan fingerprint density at radius 1 is 1.26 bits per heavy atom. The molecule has 2 aliphatic heterocycles.